The number of carbonyl (C=O) groups is 2. The summed E-state index contributed by atoms with van der Waals surface area (Å²) >= 11 is 5.90. The molecule has 3 aromatic rings. The third-order valence-electron chi connectivity index (χ3n) is 5.41. The monoisotopic (exact) mass is 437 g/mol. The van der Waals surface area contributed by atoms with Gasteiger partial charge in [-0.3, -0.25) is 9.59 Å². The van der Waals surface area contributed by atoms with E-state index < -0.39 is 0 Å². The molecule has 160 valence electrons. The number of nitrogens with zero attached hydrogens (tertiary/aromatic N) is 5. The second-order valence-electron chi connectivity index (χ2n) is 7.72. The van der Waals surface area contributed by atoms with Gasteiger partial charge in [-0.1, -0.05) is 23.7 Å². The first-order valence-corrected chi connectivity index (χ1v) is 10.6. The molecule has 31 heavy (non-hydrogen) atoms. The summed E-state index contributed by atoms with van der Waals surface area (Å²) in [6, 6.07) is 12.9. The molecule has 3 heterocycles. The summed E-state index contributed by atoms with van der Waals surface area (Å²) in [4.78, 5) is 33.4. The zero-order valence-corrected chi connectivity index (χ0v) is 18.3. The van der Waals surface area contributed by atoms with Crippen LogP contribution in [0, 0.1) is 13.8 Å². The molecule has 1 aliphatic heterocycles. The predicted molar refractivity (Wildman–Crippen MR) is 118 cm³/mol. The van der Waals surface area contributed by atoms with Crippen LogP contribution in [0.2, 0.25) is 5.02 Å². The molecule has 0 radical (unpaired) electrons. The van der Waals surface area contributed by atoms with E-state index in [1.165, 1.54) is 0 Å². The van der Waals surface area contributed by atoms with E-state index in [4.69, 9.17) is 11.6 Å². The van der Waals surface area contributed by atoms with Gasteiger partial charge in [-0.2, -0.15) is 5.10 Å². The lowest BCUT2D eigenvalue weighted by molar-refractivity contribution is -0.131. The highest BCUT2D eigenvalue weighted by Gasteiger charge is 2.25. The van der Waals surface area contributed by atoms with Gasteiger partial charge in [-0.15, -0.1) is 0 Å². The second kappa shape index (κ2) is 8.89. The van der Waals surface area contributed by atoms with Crippen molar-refractivity contribution in [2.75, 3.05) is 26.2 Å². The van der Waals surface area contributed by atoms with Crippen LogP contribution >= 0.6 is 11.6 Å². The zero-order valence-electron chi connectivity index (χ0n) is 17.6. The molecule has 1 saturated heterocycles. The SMILES string of the molecule is Cc1cc(C)n(-c2ccc(C(=O)N3CCN(C(=O)Cc4ccc(Cl)cc4)CC3)cn2)n1. The van der Waals surface area contributed by atoms with Gasteiger partial charge >= 0.3 is 0 Å². The van der Waals surface area contributed by atoms with Crippen molar-refractivity contribution in [1.82, 2.24) is 24.6 Å². The number of carbonyl (C=O) groups excluding carboxylic acids is 2. The van der Waals surface area contributed by atoms with Crippen LogP contribution in [0.15, 0.2) is 48.7 Å². The molecule has 0 atom stereocenters. The maximum Gasteiger partial charge on any atom is 0.255 e. The minimum absolute atomic E-state index is 0.0605. The molecule has 0 spiro atoms. The fourth-order valence-corrected chi connectivity index (χ4v) is 3.85. The van der Waals surface area contributed by atoms with E-state index in [9.17, 15) is 9.59 Å². The van der Waals surface area contributed by atoms with E-state index in [1.807, 2.05) is 36.9 Å². The van der Waals surface area contributed by atoms with Gasteiger partial charge in [0, 0.05) is 43.1 Å². The van der Waals surface area contributed by atoms with Gasteiger partial charge in [-0.25, -0.2) is 9.67 Å². The van der Waals surface area contributed by atoms with Gasteiger partial charge in [0.25, 0.3) is 5.91 Å². The Kier molecular flexibility index (Phi) is 6.04. The number of hydrogen-bond acceptors (Lipinski definition) is 4. The van der Waals surface area contributed by atoms with Crippen LogP contribution in [-0.2, 0) is 11.2 Å². The molecule has 8 heteroatoms. The highest BCUT2D eigenvalue weighted by molar-refractivity contribution is 6.30. The third-order valence-corrected chi connectivity index (χ3v) is 5.66. The van der Waals surface area contributed by atoms with Crippen molar-refractivity contribution in [3.63, 3.8) is 0 Å². The molecule has 4 rings (SSSR count). The molecular weight excluding hydrogens is 414 g/mol. The van der Waals surface area contributed by atoms with Gasteiger partial charge < -0.3 is 9.80 Å². The van der Waals surface area contributed by atoms with Crippen LogP contribution in [0.25, 0.3) is 5.82 Å². The maximum absolute atomic E-state index is 12.9. The Morgan fingerprint density at radius 1 is 0.968 bits per heavy atom. The molecule has 7 nitrogen and oxygen atoms in total. The first-order valence-electron chi connectivity index (χ1n) is 10.2. The van der Waals surface area contributed by atoms with Crippen LogP contribution in [0.4, 0.5) is 0 Å². The smallest absolute Gasteiger partial charge is 0.255 e. The molecule has 2 amide bonds. The second-order valence-corrected chi connectivity index (χ2v) is 8.16. The Morgan fingerprint density at radius 3 is 2.23 bits per heavy atom. The summed E-state index contributed by atoms with van der Waals surface area (Å²) in [5.74, 6) is 0.669. The van der Waals surface area contributed by atoms with Gasteiger partial charge in [0.2, 0.25) is 5.91 Å². The molecule has 1 aliphatic rings. The molecule has 0 saturated carbocycles. The number of halogens is 1. The summed E-state index contributed by atoms with van der Waals surface area (Å²) in [5.41, 5.74) is 3.37. The van der Waals surface area contributed by atoms with E-state index in [-0.39, 0.29) is 11.8 Å². The molecule has 0 bridgehead atoms. The van der Waals surface area contributed by atoms with Crippen molar-refractivity contribution < 1.29 is 9.59 Å². The van der Waals surface area contributed by atoms with Crippen LogP contribution < -0.4 is 0 Å². The minimum atomic E-state index is -0.0720. The summed E-state index contributed by atoms with van der Waals surface area (Å²) in [5, 5.41) is 5.07. The Balaban J connectivity index is 1.34. The number of aryl methyl sites for hydroxylation is 2. The summed E-state index contributed by atoms with van der Waals surface area (Å²) < 4.78 is 1.76. The molecule has 2 aromatic heterocycles. The average Bonchev–Trinajstić information content (AvgIpc) is 3.13. The average molecular weight is 438 g/mol. The molecule has 0 N–H and O–H groups in total. The number of pyridine rings is 1. The van der Waals surface area contributed by atoms with Crippen molar-refractivity contribution in [1.29, 1.82) is 0 Å². The van der Waals surface area contributed by atoms with Crippen molar-refractivity contribution in [3.05, 3.63) is 76.2 Å². The molecule has 1 fully saturated rings. The van der Waals surface area contributed by atoms with Crippen molar-refractivity contribution >= 4 is 23.4 Å². The number of piperazine rings is 1. The van der Waals surface area contributed by atoms with Crippen LogP contribution in [-0.4, -0.2) is 62.6 Å². The van der Waals surface area contributed by atoms with E-state index in [1.54, 1.807) is 40.0 Å². The first kappa shape index (κ1) is 21.1. The maximum atomic E-state index is 12.9. The highest BCUT2D eigenvalue weighted by atomic mass is 35.5. The number of benzene rings is 1. The van der Waals surface area contributed by atoms with E-state index in [2.05, 4.69) is 10.1 Å². The predicted octanol–water partition coefficient (Wildman–Crippen LogP) is 3.06. The molecule has 0 unspecified atom stereocenters. The lowest BCUT2D eigenvalue weighted by Gasteiger charge is -2.35. The van der Waals surface area contributed by atoms with E-state index in [0.29, 0.717) is 49.0 Å². The minimum Gasteiger partial charge on any atom is -0.339 e. The van der Waals surface area contributed by atoms with Crippen molar-refractivity contribution in [2.45, 2.75) is 20.3 Å². The van der Waals surface area contributed by atoms with Crippen molar-refractivity contribution in [3.8, 4) is 5.82 Å². The van der Waals surface area contributed by atoms with Gasteiger partial charge in [0.1, 0.15) is 0 Å². The van der Waals surface area contributed by atoms with Gasteiger partial charge in [0.15, 0.2) is 5.82 Å². The fraction of sp³-hybridized carbons (Fsp3) is 0.304. The summed E-state index contributed by atoms with van der Waals surface area (Å²) in [6.45, 7) is 5.95. The van der Waals surface area contributed by atoms with Crippen LogP contribution in [0.3, 0.4) is 0 Å². The standard InChI is InChI=1S/C23H24ClN5O2/c1-16-13-17(2)29(26-16)21-8-5-19(15-25-21)23(31)28-11-9-27(10-12-28)22(30)14-18-3-6-20(24)7-4-18/h3-8,13,15H,9-12,14H2,1-2H3. The Labute approximate surface area is 186 Å². The first-order chi connectivity index (χ1) is 14.9. The highest BCUT2D eigenvalue weighted by Crippen LogP contribution is 2.14. The molecule has 0 aliphatic carbocycles. The Hall–Kier alpha value is -3.19. The summed E-state index contributed by atoms with van der Waals surface area (Å²) in [6.07, 6.45) is 1.93. The Morgan fingerprint density at radius 2 is 1.65 bits per heavy atom. The lowest BCUT2D eigenvalue weighted by atomic mass is 10.1. The normalized spacial score (nSPS) is 14.0. The zero-order chi connectivity index (χ0) is 22.0. The fourth-order valence-electron chi connectivity index (χ4n) is 3.73. The number of amides is 2. The Bertz CT molecular complexity index is 1080. The largest absolute Gasteiger partial charge is 0.339 e. The van der Waals surface area contributed by atoms with Gasteiger partial charge in [-0.05, 0) is 49.7 Å². The van der Waals surface area contributed by atoms with E-state index >= 15 is 0 Å². The number of aromatic nitrogens is 3. The van der Waals surface area contributed by atoms with Crippen LogP contribution in [0.1, 0.15) is 27.3 Å². The lowest BCUT2D eigenvalue weighted by Crippen LogP contribution is -2.51. The number of rotatable bonds is 4. The quantitative estimate of drug-likeness (QED) is 0.629. The molecule has 1 aromatic carbocycles. The van der Waals surface area contributed by atoms with Crippen molar-refractivity contribution in [2.24, 2.45) is 0 Å². The van der Waals surface area contributed by atoms with E-state index in [0.717, 1.165) is 17.0 Å². The topological polar surface area (TPSA) is 71.3 Å². The van der Waals surface area contributed by atoms with Crippen LogP contribution in [0.5, 0.6) is 0 Å². The number of hydrogen-bond donors (Lipinski definition) is 0. The van der Waals surface area contributed by atoms with Gasteiger partial charge in [0.05, 0.1) is 17.7 Å². The summed E-state index contributed by atoms with van der Waals surface area (Å²) in [7, 11) is 0. The third kappa shape index (κ3) is 4.77. The molecular formula is C23H24ClN5O2.